The molecule has 1 heterocycles. The van der Waals surface area contributed by atoms with Crippen molar-refractivity contribution in [3.05, 3.63) is 76.8 Å². The SMILES string of the molecule is COc1ccc(-n2c(C(C)c3ccc4cc(OC)ccc4c3)n[nH]c2=S)cc1. The number of benzene rings is 3. The number of H-pyrrole nitrogens is 1. The third kappa shape index (κ3) is 3.27. The second-order valence-corrected chi connectivity index (χ2v) is 7.00. The van der Waals surface area contributed by atoms with Gasteiger partial charge in [-0.1, -0.05) is 31.2 Å². The van der Waals surface area contributed by atoms with Crippen molar-refractivity contribution < 1.29 is 9.47 Å². The summed E-state index contributed by atoms with van der Waals surface area (Å²) < 4.78 is 13.1. The van der Waals surface area contributed by atoms with Gasteiger partial charge in [-0.25, -0.2) is 0 Å². The molecule has 0 saturated heterocycles. The molecule has 4 rings (SSSR count). The number of nitrogens with zero attached hydrogens (tertiary/aromatic N) is 2. The third-order valence-corrected chi connectivity index (χ3v) is 5.26. The zero-order valence-electron chi connectivity index (χ0n) is 16.0. The standard InChI is InChI=1S/C22H21N3O2S/c1-14(15-4-5-17-13-20(27-3)9-6-16(17)12-15)21-23-24-22(28)25(21)18-7-10-19(26-2)11-8-18/h4-14H,1-3H3,(H,24,28). The van der Waals surface area contributed by atoms with Crippen LogP contribution >= 0.6 is 12.2 Å². The summed E-state index contributed by atoms with van der Waals surface area (Å²) in [6.07, 6.45) is 0. The summed E-state index contributed by atoms with van der Waals surface area (Å²) in [6, 6.07) is 20.3. The monoisotopic (exact) mass is 391 g/mol. The highest BCUT2D eigenvalue weighted by molar-refractivity contribution is 7.71. The fraction of sp³-hybridized carbons (Fsp3) is 0.182. The number of rotatable bonds is 5. The van der Waals surface area contributed by atoms with Crippen molar-refractivity contribution in [2.75, 3.05) is 14.2 Å². The number of fused-ring (bicyclic) bond motifs is 1. The highest BCUT2D eigenvalue weighted by Gasteiger charge is 2.18. The van der Waals surface area contributed by atoms with E-state index in [9.17, 15) is 0 Å². The average Bonchev–Trinajstić information content (AvgIpc) is 3.13. The maximum absolute atomic E-state index is 5.49. The Morgan fingerprint density at radius 2 is 1.54 bits per heavy atom. The highest BCUT2D eigenvalue weighted by atomic mass is 32.1. The minimum absolute atomic E-state index is 0.0570. The van der Waals surface area contributed by atoms with Crippen molar-refractivity contribution in [3.63, 3.8) is 0 Å². The zero-order valence-corrected chi connectivity index (χ0v) is 16.8. The molecule has 1 unspecified atom stereocenters. The Balaban J connectivity index is 1.75. The van der Waals surface area contributed by atoms with E-state index in [2.05, 4.69) is 41.4 Å². The van der Waals surface area contributed by atoms with Gasteiger partial charge in [0.25, 0.3) is 0 Å². The van der Waals surface area contributed by atoms with Crippen LogP contribution in [0.3, 0.4) is 0 Å². The molecule has 0 saturated carbocycles. The maximum atomic E-state index is 5.49. The Hall–Kier alpha value is -3.12. The lowest BCUT2D eigenvalue weighted by Gasteiger charge is -2.15. The molecule has 1 atom stereocenters. The molecule has 28 heavy (non-hydrogen) atoms. The number of hydrogen-bond acceptors (Lipinski definition) is 4. The molecule has 1 N–H and O–H groups in total. The Morgan fingerprint density at radius 1 is 0.893 bits per heavy atom. The predicted octanol–water partition coefficient (Wildman–Crippen LogP) is 5.25. The first-order valence-corrected chi connectivity index (χ1v) is 9.41. The fourth-order valence-electron chi connectivity index (χ4n) is 3.37. The van der Waals surface area contributed by atoms with E-state index < -0.39 is 0 Å². The molecule has 5 nitrogen and oxygen atoms in total. The molecule has 0 aliphatic heterocycles. The van der Waals surface area contributed by atoms with Crippen LogP contribution < -0.4 is 9.47 Å². The van der Waals surface area contributed by atoms with Crippen molar-refractivity contribution in [1.82, 2.24) is 14.8 Å². The molecule has 0 spiro atoms. The third-order valence-electron chi connectivity index (χ3n) is 4.99. The summed E-state index contributed by atoms with van der Waals surface area (Å²) >= 11 is 5.49. The molecule has 4 aromatic rings. The van der Waals surface area contributed by atoms with Crippen molar-refractivity contribution in [1.29, 1.82) is 0 Å². The van der Waals surface area contributed by atoms with Gasteiger partial charge in [0.2, 0.25) is 0 Å². The largest absolute Gasteiger partial charge is 0.497 e. The van der Waals surface area contributed by atoms with Crippen LogP contribution in [0, 0.1) is 4.77 Å². The molecule has 0 bridgehead atoms. The molecule has 0 radical (unpaired) electrons. The fourth-order valence-corrected chi connectivity index (χ4v) is 3.61. The molecule has 3 aromatic carbocycles. The van der Waals surface area contributed by atoms with E-state index in [1.807, 2.05) is 41.0 Å². The van der Waals surface area contributed by atoms with E-state index in [0.717, 1.165) is 33.8 Å². The van der Waals surface area contributed by atoms with E-state index in [1.54, 1.807) is 14.2 Å². The second-order valence-electron chi connectivity index (χ2n) is 6.61. The first kappa shape index (κ1) is 18.3. The van der Waals surface area contributed by atoms with Gasteiger partial charge < -0.3 is 9.47 Å². The van der Waals surface area contributed by atoms with Gasteiger partial charge in [-0.2, -0.15) is 5.10 Å². The Labute approximate surface area is 168 Å². The second kappa shape index (κ2) is 7.48. The molecular weight excluding hydrogens is 370 g/mol. The van der Waals surface area contributed by atoms with Crippen LogP contribution in [0.4, 0.5) is 0 Å². The van der Waals surface area contributed by atoms with Gasteiger partial charge in [0.1, 0.15) is 17.3 Å². The first-order valence-electron chi connectivity index (χ1n) is 9.00. The van der Waals surface area contributed by atoms with Crippen LogP contribution in [-0.2, 0) is 0 Å². The number of nitrogens with one attached hydrogen (secondary N) is 1. The number of ether oxygens (including phenoxy) is 2. The number of hydrogen-bond donors (Lipinski definition) is 1. The number of methoxy groups -OCH3 is 2. The molecule has 0 amide bonds. The highest BCUT2D eigenvalue weighted by Crippen LogP contribution is 2.29. The van der Waals surface area contributed by atoms with Crippen LogP contribution in [0.1, 0.15) is 24.2 Å². The van der Waals surface area contributed by atoms with Crippen LogP contribution in [0.2, 0.25) is 0 Å². The van der Waals surface area contributed by atoms with E-state index in [-0.39, 0.29) is 5.92 Å². The van der Waals surface area contributed by atoms with Gasteiger partial charge in [-0.3, -0.25) is 9.67 Å². The maximum Gasteiger partial charge on any atom is 0.199 e. The van der Waals surface area contributed by atoms with Crippen LogP contribution in [0.15, 0.2) is 60.7 Å². The summed E-state index contributed by atoms with van der Waals surface area (Å²) in [4.78, 5) is 0. The van der Waals surface area contributed by atoms with Gasteiger partial charge in [-0.15, -0.1) is 0 Å². The lowest BCUT2D eigenvalue weighted by Crippen LogP contribution is -2.07. The molecule has 0 fully saturated rings. The number of aromatic amines is 1. The summed E-state index contributed by atoms with van der Waals surface area (Å²) in [5.41, 5.74) is 2.12. The van der Waals surface area contributed by atoms with E-state index >= 15 is 0 Å². The van der Waals surface area contributed by atoms with Crippen molar-refractivity contribution in [2.24, 2.45) is 0 Å². The molecular formula is C22H21N3O2S. The van der Waals surface area contributed by atoms with E-state index in [0.29, 0.717) is 4.77 Å². The van der Waals surface area contributed by atoms with Crippen LogP contribution in [-0.4, -0.2) is 29.0 Å². The van der Waals surface area contributed by atoms with Gasteiger partial charge in [-0.05, 0) is 65.0 Å². The lowest BCUT2D eigenvalue weighted by atomic mass is 9.97. The average molecular weight is 391 g/mol. The molecule has 0 aliphatic carbocycles. The Kier molecular flexibility index (Phi) is 4.88. The summed E-state index contributed by atoms with van der Waals surface area (Å²) in [6.45, 7) is 2.13. The predicted molar refractivity (Wildman–Crippen MR) is 113 cm³/mol. The number of aromatic nitrogens is 3. The van der Waals surface area contributed by atoms with Crippen molar-refractivity contribution >= 4 is 23.0 Å². The van der Waals surface area contributed by atoms with Gasteiger partial charge >= 0.3 is 0 Å². The molecule has 6 heteroatoms. The smallest absolute Gasteiger partial charge is 0.199 e. The van der Waals surface area contributed by atoms with E-state index in [1.165, 1.54) is 5.56 Å². The Bertz CT molecular complexity index is 1180. The van der Waals surface area contributed by atoms with Crippen LogP contribution in [0.5, 0.6) is 11.5 Å². The molecule has 1 aromatic heterocycles. The minimum atomic E-state index is 0.0570. The molecule has 0 aliphatic rings. The quantitative estimate of drug-likeness (QED) is 0.472. The lowest BCUT2D eigenvalue weighted by molar-refractivity contribution is 0.414. The zero-order chi connectivity index (χ0) is 19.7. The normalized spacial score (nSPS) is 12.1. The van der Waals surface area contributed by atoms with Crippen LogP contribution in [0.25, 0.3) is 16.5 Å². The van der Waals surface area contributed by atoms with E-state index in [4.69, 9.17) is 21.7 Å². The van der Waals surface area contributed by atoms with Crippen molar-refractivity contribution in [3.8, 4) is 17.2 Å². The summed E-state index contributed by atoms with van der Waals surface area (Å²) in [5.74, 6) is 2.58. The Morgan fingerprint density at radius 3 is 2.25 bits per heavy atom. The van der Waals surface area contributed by atoms with Gasteiger partial charge in [0.05, 0.1) is 14.2 Å². The first-order chi connectivity index (χ1) is 13.6. The van der Waals surface area contributed by atoms with Crippen molar-refractivity contribution in [2.45, 2.75) is 12.8 Å². The summed E-state index contributed by atoms with van der Waals surface area (Å²) in [5, 5.41) is 9.75. The minimum Gasteiger partial charge on any atom is -0.497 e. The summed E-state index contributed by atoms with van der Waals surface area (Å²) in [7, 11) is 3.33. The topological polar surface area (TPSA) is 52.1 Å². The van der Waals surface area contributed by atoms with Gasteiger partial charge in [0.15, 0.2) is 4.77 Å². The molecule has 142 valence electrons. The van der Waals surface area contributed by atoms with Gasteiger partial charge in [0, 0.05) is 11.6 Å².